The van der Waals surface area contributed by atoms with E-state index in [9.17, 15) is 18.4 Å². The lowest BCUT2D eigenvalue weighted by Crippen LogP contribution is -2.30. The van der Waals surface area contributed by atoms with Gasteiger partial charge < -0.3 is 14.8 Å². The van der Waals surface area contributed by atoms with Crippen LogP contribution >= 0.6 is 0 Å². The number of halogens is 2. The summed E-state index contributed by atoms with van der Waals surface area (Å²) in [6, 6.07) is 18.6. The first-order valence-electron chi connectivity index (χ1n) is 9.16. The number of anilines is 1. The summed E-state index contributed by atoms with van der Waals surface area (Å²) in [5, 5.41) is 2.26. The van der Waals surface area contributed by atoms with Crippen LogP contribution < -0.4 is 10.1 Å². The first-order valence-corrected chi connectivity index (χ1v) is 9.16. The summed E-state index contributed by atoms with van der Waals surface area (Å²) in [5.41, 5.74) is 0.908. The van der Waals surface area contributed by atoms with Gasteiger partial charge in [-0.15, -0.1) is 0 Å². The first-order chi connectivity index (χ1) is 14.4. The summed E-state index contributed by atoms with van der Waals surface area (Å²) in [6.07, 6.45) is -1.18. The SMILES string of the molecule is C[C@@H](OC(=O)c1ccc(COc2ccccc2)cc1)C(=O)Nc1ccc(F)cc1F. The highest BCUT2D eigenvalue weighted by Gasteiger charge is 2.20. The molecule has 0 heterocycles. The van der Waals surface area contributed by atoms with Crippen LogP contribution in [-0.2, 0) is 16.1 Å². The maximum Gasteiger partial charge on any atom is 0.338 e. The number of carbonyl (C=O) groups excluding carboxylic acids is 2. The van der Waals surface area contributed by atoms with Gasteiger partial charge >= 0.3 is 5.97 Å². The van der Waals surface area contributed by atoms with Gasteiger partial charge in [0, 0.05) is 6.07 Å². The van der Waals surface area contributed by atoms with Crippen LogP contribution in [0.4, 0.5) is 14.5 Å². The standard InChI is InChI=1S/C23H19F2NO4/c1-15(22(27)26-21-12-11-18(24)13-20(21)25)30-23(28)17-9-7-16(8-10-17)14-29-19-5-3-2-4-6-19/h2-13,15H,14H2,1H3,(H,26,27)/t15-/m1/s1. The van der Waals surface area contributed by atoms with Crippen molar-refractivity contribution in [1.29, 1.82) is 0 Å². The lowest BCUT2D eigenvalue weighted by molar-refractivity contribution is -0.123. The molecule has 0 unspecified atom stereocenters. The minimum atomic E-state index is -1.18. The van der Waals surface area contributed by atoms with Crippen LogP contribution in [0.1, 0.15) is 22.8 Å². The van der Waals surface area contributed by atoms with Crippen molar-refractivity contribution in [3.63, 3.8) is 0 Å². The van der Waals surface area contributed by atoms with Crippen LogP contribution in [0.5, 0.6) is 5.75 Å². The van der Waals surface area contributed by atoms with Crippen molar-refractivity contribution >= 4 is 17.6 Å². The Morgan fingerprint density at radius 3 is 2.33 bits per heavy atom. The fourth-order valence-corrected chi connectivity index (χ4v) is 2.53. The molecular formula is C23H19F2NO4. The van der Waals surface area contributed by atoms with E-state index in [1.54, 1.807) is 24.3 Å². The average molecular weight is 411 g/mol. The van der Waals surface area contributed by atoms with Crippen molar-refractivity contribution < 1.29 is 27.8 Å². The Balaban J connectivity index is 1.53. The van der Waals surface area contributed by atoms with Crippen LogP contribution in [0.25, 0.3) is 0 Å². The van der Waals surface area contributed by atoms with E-state index >= 15 is 0 Å². The first kappa shape index (κ1) is 21.0. The van der Waals surface area contributed by atoms with Gasteiger partial charge in [-0.25, -0.2) is 13.6 Å². The van der Waals surface area contributed by atoms with E-state index in [2.05, 4.69) is 5.32 Å². The van der Waals surface area contributed by atoms with Crippen LogP contribution in [0.3, 0.4) is 0 Å². The van der Waals surface area contributed by atoms with Crippen molar-refractivity contribution in [3.05, 3.63) is 95.6 Å². The molecule has 3 aromatic rings. The Labute approximate surface area is 172 Å². The number of ether oxygens (including phenoxy) is 2. The van der Waals surface area contributed by atoms with Gasteiger partial charge in [-0.3, -0.25) is 4.79 Å². The summed E-state index contributed by atoms with van der Waals surface area (Å²) in [4.78, 5) is 24.4. The van der Waals surface area contributed by atoms with Crippen molar-refractivity contribution in [1.82, 2.24) is 0 Å². The molecule has 0 aliphatic heterocycles. The highest BCUT2D eigenvalue weighted by Crippen LogP contribution is 2.16. The maximum atomic E-state index is 13.6. The molecule has 0 aromatic heterocycles. The minimum absolute atomic E-state index is 0.202. The number of carbonyl (C=O) groups is 2. The van der Waals surface area contributed by atoms with Crippen LogP contribution in [-0.4, -0.2) is 18.0 Å². The minimum Gasteiger partial charge on any atom is -0.489 e. The van der Waals surface area contributed by atoms with E-state index in [1.165, 1.54) is 6.92 Å². The van der Waals surface area contributed by atoms with E-state index in [0.717, 1.165) is 23.4 Å². The molecule has 30 heavy (non-hydrogen) atoms. The maximum absolute atomic E-state index is 13.6. The van der Waals surface area contributed by atoms with Crippen molar-refractivity contribution in [2.24, 2.45) is 0 Å². The number of nitrogens with one attached hydrogen (secondary N) is 1. The monoisotopic (exact) mass is 411 g/mol. The normalized spacial score (nSPS) is 11.4. The van der Waals surface area contributed by atoms with E-state index < -0.39 is 29.6 Å². The molecule has 0 aliphatic rings. The summed E-state index contributed by atoms with van der Waals surface area (Å²) in [5.74, 6) is -2.38. The Hall–Kier alpha value is -3.74. The molecule has 0 aliphatic carbocycles. The van der Waals surface area contributed by atoms with Crippen molar-refractivity contribution in [2.45, 2.75) is 19.6 Å². The molecule has 154 valence electrons. The van der Waals surface area contributed by atoms with Crippen molar-refractivity contribution in [2.75, 3.05) is 5.32 Å². The molecular weight excluding hydrogens is 392 g/mol. The highest BCUT2D eigenvalue weighted by atomic mass is 19.1. The molecule has 0 saturated carbocycles. The quantitative estimate of drug-likeness (QED) is 0.571. The lowest BCUT2D eigenvalue weighted by Gasteiger charge is -2.14. The zero-order valence-corrected chi connectivity index (χ0v) is 16.1. The molecule has 1 amide bonds. The van der Waals surface area contributed by atoms with Gasteiger partial charge in [-0.05, 0) is 48.9 Å². The van der Waals surface area contributed by atoms with Gasteiger partial charge in [-0.2, -0.15) is 0 Å². The molecule has 3 aromatic carbocycles. The Bertz CT molecular complexity index is 1020. The zero-order valence-electron chi connectivity index (χ0n) is 16.1. The van der Waals surface area contributed by atoms with Crippen LogP contribution in [0, 0.1) is 11.6 Å². The number of hydrogen-bond acceptors (Lipinski definition) is 4. The molecule has 0 radical (unpaired) electrons. The second-order valence-corrected chi connectivity index (χ2v) is 6.46. The van der Waals surface area contributed by atoms with Gasteiger partial charge in [0.15, 0.2) is 6.10 Å². The predicted octanol–water partition coefficient (Wildman–Crippen LogP) is 4.73. The fourth-order valence-electron chi connectivity index (χ4n) is 2.53. The molecule has 7 heteroatoms. The number of benzene rings is 3. The third-order valence-electron chi connectivity index (χ3n) is 4.18. The molecule has 0 bridgehead atoms. The van der Waals surface area contributed by atoms with Gasteiger partial charge in [0.25, 0.3) is 5.91 Å². The molecule has 1 N–H and O–H groups in total. The number of hydrogen-bond donors (Lipinski definition) is 1. The Morgan fingerprint density at radius 2 is 1.67 bits per heavy atom. The van der Waals surface area contributed by atoms with E-state index in [0.29, 0.717) is 12.7 Å². The van der Waals surface area contributed by atoms with Crippen LogP contribution in [0.2, 0.25) is 0 Å². The van der Waals surface area contributed by atoms with Gasteiger partial charge in [0.2, 0.25) is 0 Å². The van der Waals surface area contributed by atoms with Crippen LogP contribution in [0.15, 0.2) is 72.8 Å². The molecule has 3 rings (SSSR count). The summed E-state index contributed by atoms with van der Waals surface area (Å²) in [7, 11) is 0. The molecule has 0 saturated heterocycles. The number of amides is 1. The summed E-state index contributed by atoms with van der Waals surface area (Å²) < 4.78 is 37.3. The molecule has 5 nitrogen and oxygen atoms in total. The zero-order chi connectivity index (χ0) is 21.5. The Morgan fingerprint density at radius 1 is 0.967 bits per heavy atom. The average Bonchev–Trinajstić information content (AvgIpc) is 2.75. The molecule has 0 spiro atoms. The number of rotatable bonds is 7. The molecule has 0 fully saturated rings. The highest BCUT2D eigenvalue weighted by molar-refractivity contribution is 5.97. The number of esters is 1. The lowest BCUT2D eigenvalue weighted by atomic mass is 10.1. The van der Waals surface area contributed by atoms with Gasteiger partial charge in [-0.1, -0.05) is 30.3 Å². The summed E-state index contributed by atoms with van der Waals surface area (Å²) in [6.45, 7) is 1.69. The fraction of sp³-hybridized carbons (Fsp3) is 0.130. The predicted molar refractivity (Wildman–Crippen MR) is 107 cm³/mol. The third-order valence-corrected chi connectivity index (χ3v) is 4.18. The Kier molecular flexibility index (Phi) is 6.75. The largest absolute Gasteiger partial charge is 0.489 e. The van der Waals surface area contributed by atoms with E-state index in [4.69, 9.17) is 9.47 Å². The van der Waals surface area contributed by atoms with Gasteiger partial charge in [0.1, 0.15) is 24.0 Å². The van der Waals surface area contributed by atoms with Crippen molar-refractivity contribution in [3.8, 4) is 5.75 Å². The second kappa shape index (κ2) is 9.65. The number of para-hydroxylation sites is 1. The van der Waals surface area contributed by atoms with E-state index in [-0.39, 0.29) is 11.3 Å². The smallest absolute Gasteiger partial charge is 0.338 e. The topological polar surface area (TPSA) is 64.6 Å². The van der Waals surface area contributed by atoms with Gasteiger partial charge in [0.05, 0.1) is 11.3 Å². The summed E-state index contributed by atoms with van der Waals surface area (Å²) >= 11 is 0. The molecule has 1 atom stereocenters. The second-order valence-electron chi connectivity index (χ2n) is 6.46. The third kappa shape index (κ3) is 5.64. The van der Waals surface area contributed by atoms with E-state index in [1.807, 2.05) is 30.3 Å².